The van der Waals surface area contributed by atoms with Crippen molar-refractivity contribution < 1.29 is 28.6 Å². The summed E-state index contributed by atoms with van der Waals surface area (Å²) in [5.74, 6) is 0.508. The van der Waals surface area contributed by atoms with E-state index >= 15 is 0 Å². The van der Waals surface area contributed by atoms with Gasteiger partial charge in [0.1, 0.15) is 29.9 Å². The number of ether oxygens (including phenoxy) is 3. The first-order valence-electron chi connectivity index (χ1n) is 8.22. The van der Waals surface area contributed by atoms with Crippen LogP contribution in [0, 0.1) is 0 Å². The molecule has 2 rings (SSSR count). The molecule has 0 fully saturated rings. The zero-order valence-corrected chi connectivity index (χ0v) is 16.3. The summed E-state index contributed by atoms with van der Waals surface area (Å²) >= 11 is 11.1. The molecule has 0 spiro atoms. The molecule has 28 heavy (non-hydrogen) atoms. The number of benzene rings is 2. The number of amides is 1. The van der Waals surface area contributed by atoms with Crippen LogP contribution in [-0.4, -0.2) is 36.4 Å². The zero-order valence-electron chi connectivity index (χ0n) is 14.8. The van der Waals surface area contributed by atoms with Crippen molar-refractivity contribution in [2.45, 2.75) is 13.0 Å². The van der Waals surface area contributed by atoms with E-state index in [0.717, 1.165) is 0 Å². The zero-order chi connectivity index (χ0) is 20.5. The van der Waals surface area contributed by atoms with E-state index in [0.29, 0.717) is 22.3 Å². The number of ketones is 1. The van der Waals surface area contributed by atoms with Crippen molar-refractivity contribution in [3.63, 3.8) is 0 Å². The summed E-state index contributed by atoms with van der Waals surface area (Å²) in [4.78, 5) is 34.5. The molecule has 0 aliphatic rings. The van der Waals surface area contributed by atoms with Crippen LogP contribution >= 0.6 is 23.2 Å². The van der Waals surface area contributed by atoms with Crippen molar-refractivity contribution in [3.05, 3.63) is 53.6 Å². The van der Waals surface area contributed by atoms with Crippen LogP contribution in [0.15, 0.2) is 48.5 Å². The summed E-state index contributed by atoms with van der Waals surface area (Å²) in [6, 6.07) is 12.2. The third-order valence-corrected chi connectivity index (χ3v) is 3.77. The van der Waals surface area contributed by atoms with Crippen LogP contribution in [0.25, 0.3) is 0 Å². The molecule has 1 atom stereocenters. The van der Waals surface area contributed by atoms with E-state index in [4.69, 9.17) is 37.4 Å². The summed E-state index contributed by atoms with van der Waals surface area (Å²) in [6.45, 7) is 1.41. The van der Waals surface area contributed by atoms with E-state index < -0.39 is 23.2 Å². The Morgan fingerprint density at radius 1 is 1.04 bits per heavy atom. The van der Waals surface area contributed by atoms with Gasteiger partial charge in [0.15, 0.2) is 0 Å². The average molecular weight is 426 g/mol. The predicted molar refractivity (Wildman–Crippen MR) is 103 cm³/mol. The van der Waals surface area contributed by atoms with E-state index in [-0.39, 0.29) is 13.2 Å². The lowest BCUT2D eigenvalue weighted by Crippen LogP contribution is -2.46. The van der Waals surface area contributed by atoms with Gasteiger partial charge in [-0.3, -0.25) is 9.59 Å². The molecule has 2 aromatic carbocycles. The minimum atomic E-state index is -1.27. The average Bonchev–Trinajstić information content (AvgIpc) is 2.66. The van der Waals surface area contributed by atoms with Gasteiger partial charge in [-0.05, 0) is 61.0 Å². The predicted octanol–water partition coefficient (Wildman–Crippen LogP) is 3.96. The number of hydrogen-bond acceptors (Lipinski definition) is 6. The fourth-order valence-corrected chi connectivity index (χ4v) is 2.40. The van der Waals surface area contributed by atoms with E-state index in [1.165, 1.54) is 0 Å². The van der Waals surface area contributed by atoms with Crippen LogP contribution in [0.4, 0.5) is 4.79 Å². The maximum atomic E-state index is 11.8. The second-order valence-electron chi connectivity index (χ2n) is 5.40. The Morgan fingerprint density at radius 3 is 2.32 bits per heavy atom. The van der Waals surface area contributed by atoms with Crippen LogP contribution in [0.1, 0.15) is 6.92 Å². The molecule has 9 heteroatoms. The Balaban J connectivity index is 1.97. The second-order valence-corrected chi connectivity index (χ2v) is 6.18. The lowest BCUT2D eigenvalue weighted by Gasteiger charge is -2.16. The maximum Gasteiger partial charge on any atom is 0.407 e. The minimum absolute atomic E-state index is 0.108. The Labute approximate surface area is 171 Å². The Kier molecular flexibility index (Phi) is 8.10. The maximum absolute atomic E-state index is 11.8. The molecule has 0 heterocycles. The molecule has 0 saturated heterocycles. The minimum Gasteiger partial charge on any atom is -0.491 e. The SMILES string of the molecule is CCOC(=O)NC(COc1ccc(Oc2cccc(Cl)c2)cc1)C(=O)C(=O)Cl. The molecule has 7 nitrogen and oxygen atoms in total. The number of rotatable bonds is 9. The molecule has 0 bridgehead atoms. The van der Waals surface area contributed by atoms with Gasteiger partial charge in [0.05, 0.1) is 6.61 Å². The van der Waals surface area contributed by atoms with Gasteiger partial charge in [-0.1, -0.05) is 17.7 Å². The fraction of sp³-hybridized carbons (Fsp3) is 0.211. The van der Waals surface area contributed by atoms with Crippen molar-refractivity contribution in [1.29, 1.82) is 0 Å². The van der Waals surface area contributed by atoms with Crippen molar-refractivity contribution in [3.8, 4) is 17.2 Å². The smallest absolute Gasteiger partial charge is 0.407 e. The van der Waals surface area contributed by atoms with Crippen molar-refractivity contribution in [2.75, 3.05) is 13.2 Å². The molecule has 0 aliphatic carbocycles. The molecular formula is C19H17Cl2NO6. The van der Waals surface area contributed by atoms with Crippen LogP contribution < -0.4 is 14.8 Å². The fourth-order valence-electron chi connectivity index (χ4n) is 2.08. The molecule has 1 N–H and O–H groups in total. The number of carbonyl (C=O) groups excluding carboxylic acids is 3. The van der Waals surface area contributed by atoms with Gasteiger partial charge in [0.2, 0.25) is 5.78 Å². The highest BCUT2D eigenvalue weighted by atomic mass is 35.5. The molecule has 0 radical (unpaired) electrons. The van der Waals surface area contributed by atoms with Crippen LogP contribution in [0.5, 0.6) is 17.2 Å². The molecule has 0 aromatic heterocycles. The molecule has 2 aromatic rings. The van der Waals surface area contributed by atoms with Gasteiger partial charge in [-0.15, -0.1) is 0 Å². The Hall–Kier alpha value is -2.77. The standard InChI is InChI=1S/C19H17Cl2NO6/c1-2-26-19(25)22-16(17(23)18(21)24)11-27-13-6-8-14(9-7-13)28-15-5-3-4-12(20)10-15/h3-10,16H,2,11H2,1H3,(H,22,25). The number of alkyl carbamates (subject to hydrolysis) is 1. The number of halogens is 2. The topological polar surface area (TPSA) is 90.9 Å². The van der Waals surface area contributed by atoms with Gasteiger partial charge in [0, 0.05) is 5.02 Å². The van der Waals surface area contributed by atoms with Gasteiger partial charge >= 0.3 is 6.09 Å². The quantitative estimate of drug-likeness (QED) is 0.482. The Morgan fingerprint density at radius 2 is 1.71 bits per heavy atom. The molecule has 0 saturated carbocycles. The summed E-state index contributed by atoms with van der Waals surface area (Å²) < 4.78 is 15.8. The highest BCUT2D eigenvalue weighted by Crippen LogP contribution is 2.25. The second kappa shape index (κ2) is 10.5. The summed E-state index contributed by atoms with van der Waals surface area (Å²) in [5.41, 5.74) is 0. The van der Waals surface area contributed by atoms with Crippen LogP contribution in [0.2, 0.25) is 5.02 Å². The summed E-state index contributed by atoms with van der Waals surface area (Å²) in [6.07, 6.45) is -0.854. The lowest BCUT2D eigenvalue weighted by atomic mass is 10.2. The lowest BCUT2D eigenvalue weighted by molar-refractivity contribution is -0.133. The van der Waals surface area contributed by atoms with Gasteiger partial charge in [-0.25, -0.2) is 4.79 Å². The van der Waals surface area contributed by atoms with E-state index in [9.17, 15) is 14.4 Å². The van der Waals surface area contributed by atoms with Crippen LogP contribution in [0.3, 0.4) is 0 Å². The van der Waals surface area contributed by atoms with Crippen LogP contribution in [-0.2, 0) is 14.3 Å². The molecule has 1 amide bonds. The molecule has 0 aliphatic heterocycles. The van der Waals surface area contributed by atoms with Gasteiger partial charge < -0.3 is 19.5 Å². The third-order valence-electron chi connectivity index (χ3n) is 3.35. The highest BCUT2D eigenvalue weighted by Gasteiger charge is 2.27. The number of Topliss-reactive ketones (excluding diaryl/α,β-unsaturated/α-hetero) is 1. The van der Waals surface area contributed by atoms with Gasteiger partial charge in [-0.2, -0.15) is 0 Å². The first-order valence-corrected chi connectivity index (χ1v) is 8.98. The molecular weight excluding hydrogens is 409 g/mol. The van der Waals surface area contributed by atoms with Crippen molar-refractivity contribution in [1.82, 2.24) is 5.32 Å². The normalized spacial score (nSPS) is 11.2. The van der Waals surface area contributed by atoms with E-state index in [1.807, 2.05) is 0 Å². The molecule has 1 unspecified atom stereocenters. The number of carbonyl (C=O) groups is 3. The van der Waals surface area contributed by atoms with Crippen molar-refractivity contribution >= 4 is 40.3 Å². The highest BCUT2D eigenvalue weighted by molar-refractivity contribution is 6.81. The van der Waals surface area contributed by atoms with Crippen molar-refractivity contribution in [2.24, 2.45) is 0 Å². The first-order chi connectivity index (χ1) is 13.4. The number of hydrogen-bond donors (Lipinski definition) is 1. The number of nitrogens with one attached hydrogen (secondary N) is 1. The summed E-state index contributed by atoms with van der Waals surface area (Å²) in [7, 11) is 0. The molecule has 148 valence electrons. The van der Waals surface area contributed by atoms with Gasteiger partial charge in [0.25, 0.3) is 5.24 Å². The monoisotopic (exact) mass is 425 g/mol. The van der Waals surface area contributed by atoms with E-state index in [2.05, 4.69) is 5.32 Å². The Bertz CT molecular complexity index is 841. The van der Waals surface area contributed by atoms with E-state index in [1.54, 1.807) is 55.5 Å². The summed E-state index contributed by atoms with van der Waals surface area (Å²) in [5, 5.41) is 1.58. The first kappa shape index (κ1) is 21.5. The third kappa shape index (κ3) is 6.75. The largest absolute Gasteiger partial charge is 0.491 e.